The highest BCUT2D eigenvalue weighted by atomic mass is 16.2. The van der Waals surface area contributed by atoms with Gasteiger partial charge in [-0.1, -0.05) is 84.9 Å². The Morgan fingerprint density at radius 2 is 1.59 bits per heavy atom. The van der Waals surface area contributed by atoms with E-state index in [0.29, 0.717) is 5.95 Å². The van der Waals surface area contributed by atoms with Gasteiger partial charge in [0.15, 0.2) is 0 Å². The van der Waals surface area contributed by atoms with E-state index in [1.165, 1.54) is 42.6 Å². The fourth-order valence-corrected chi connectivity index (χ4v) is 6.72. The van der Waals surface area contributed by atoms with Crippen molar-refractivity contribution >= 4 is 23.4 Å². The van der Waals surface area contributed by atoms with Gasteiger partial charge in [-0.3, -0.25) is 0 Å². The summed E-state index contributed by atoms with van der Waals surface area (Å²) in [6.45, 7) is 4.46. The molecule has 1 saturated heterocycles. The molecule has 46 heavy (non-hydrogen) atoms. The second-order valence-electron chi connectivity index (χ2n) is 12.3. The van der Waals surface area contributed by atoms with E-state index >= 15 is 0 Å². The fraction of sp³-hybridized carbons (Fsp3) is 0.256. The molecule has 1 atom stereocenters. The van der Waals surface area contributed by atoms with Gasteiger partial charge in [-0.15, -0.1) is 0 Å². The van der Waals surface area contributed by atoms with Crippen LogP contribution < -0.4 is 16.0 Å². The van der Waals surface area contributed by atoms with Crippen molar-refractivity contribution in [3.8, 4) is 11.3 Å². The van der Waals surface area contributed by atoms with Gasteiger partial charge in [-0.2, -0.15) is 0 Å². The molecule has 2 heterocycles. The summed E-state index contributed by atoms with van der Waals surface area (Å²) < 4.78 is 0. The number of hydrogen-bond acceptors (Lipinski definition) is 5. The third-order valence-electron chi connectivity index (χ3n) is 9.09. The summed E-state index contributed by atoms with van der Waals surface area (Å²) in [6.07, 6.45) is 7.31. The highest BCUT2D eigenvalue weighted by Gasteiger charge is 2.27. The van der Waals surface area contributed by atoms with Crippen LogP contribution in [0.2, 0.25) is 0 Å². The maximum Gasteiger partial charge on any atom is 0.323 e. The molecule has 1 fully saturated rings. The standard InChI is InChI=1S/C39H40N6O/c46-39(43-36-16-7-4-13-30(36)25-28-11-2-1-3-12-28)42-32-19-17-29(18-20-32)35-26-31-27-41-38(40-21-10-24-45-22-8-9-23-45)44-37(31)34-15-6-5-14-33(34)35/h1-7,11-20,27,35H,8-10,21-26H2,(H,40,41,44)(H2,42,43,46). The van der Waals surface area contributed by atoms with E-state index in [1.54, 1.807) is 0 Å². The van der Waals surface area contributed by atoms with E-state index in [-0.39, 0.29) is 11.9 Å². The molecule has 232 valence electrons. The molecule has 1 aliphatic heterocycles. The highest BCUT2D eigenvalue weighted by molar-refractivity contribution is 6.00. The predicted octanol–water partition coefficient (Wildman–Crippen LogP) is 7.96. The van der Waals surface area contributed by atoms with Crippen LogP contribution in [0.3, 0.4) is 0 Å². The van der Waals surface area contributed by atoms with Gasteiger partial charge in [0.2, 0.25) is 5.95 Å². The zero-order chi connectivity index (χ0) is 31.1. The Morgan fingerprint density at radius 3 is 2.43 bits per heavy atom. The van der Waals surface area contributed by atoms with Crippen molar-refractivity contribution < 1.29 is 4.79 Å². The normalized spacial score (nSPS) is 15.5. The Kier molecular flexibility index (Phi) is 9.01. The minimum absolute atomic E-state index is 0.180. The molecule has 7 nitrogen and oxygen atoms in total. The predicted molar refractivity (Wildman–Crippen MR) is 187 cm³/mol. The third-order valence-corrected chi connectivity index (χ3v) is 9.09. The number of benzene rings is 4. The Balaban J connectivity index is 1.00. The molecule has 5 aromatic rings. The molecular formula is C39H40N6O. The number of fused-ring (bicyclic) bond motifs is 3. The Bertz CT molecular complexity index is 1780. The van der Waals surface area contributed by atoms with Gasteiger partial charge in [-0.05, 0) is 97.8 Å². The first kappa shape index (κ1) is 29.7. The lowest BCUT2D eigenvalue weighted by molar-refractivity contribution is 0.262. The van der Waals surface area contributed by atoms with Gasteiger partial charge in [0.05, 0.1) is 5.69 Å². The summed E-state index contributed by atoms with van der Waals surface area (Å²) in [6, 6.07) is 34.7. The van der Waals surface area contributed by atoms with Crippen molar-refractivity contribution in [1.29, 1.82) is 0 Å². The average Bonchev–Trinajstić information content (AvgIpc) is 3.62. The van der Waals surface area contributed by atoms with Crippen molar-refractivity contribution in [3.63, 3.8) is 0 Å². The van der Waals surface area contributed by atoms with Gasteiger partial charge in [-0.25, -0.2) is 14.8 Å². The van der Waals surface area contributed by atoms with Gasteiger partial charge in [0.25, 0.3) is 0 Å². The van der Waals surface area contributed by atoms with Crippen LogP contribution in [0.15, 0.2) is 109 Å². The van der Waals surface area contributed by atoms with Gasteiger partial charge < -0.3 is 20.9 Å². The average molecular weight is 609 g/mol. The lowest BCUT2D eigenvalue weighted by atomic mass is 9.78. The molecule has 0 saturated carbocycles. The monoisotopic (exact) mass is 608 g/mol. The molecule has 0 spiro atoms. The number of hydrogen-bond donors (Lipinski definition) is 3. The number of rotatable bonds is 10. The number of aromatic nitrogens is 2. The summed E-state index contributed by atoms with van der Waals surface area (Å²) in [7, 11) is 0. The molecule has 1 aliphatic carbocycles. The molecule has 7 heteroatoms. The first-order valence-corrected chi connectivity index (χ1v) is 16.4. The van der Waals surface area contributed by atoms with Crippen LogP contribution in [-0.2, 0) is 12.8 Å². The number of urea groups is 1. The zero-order valence-electron chi connectivity index (χ0n) is 26.1. The number of carbonyl (C=O) groups is 1. The molecule has 0 radical (unpaired) electrons. The quantitative estimate of drug-likeness (QED) is 0.140. The third kappa shape index (κ3) is 6.95. The van der Waals surface area contributed by atoms with Crippen LogP contribution in [0, 0.1) is 0 Å². The van der Waals surface area contributed by atoms with Crippen LogP contribution in [-0.4, -0.2) is 47.1 Å². The molecule has 1 unspecified atom stereocenters. The summed E-state index contributed by atoms with van der Waals surface area (Å²) in [5.74, 6) is 0.879. The van der Waals surface area contributed by atoms with Gasteiger partial charge in [0.1, 0.15) is 0 Å². The van der Waals surface area contributed by atoms with Crippen molar-refractivity contribution in [3.05, 3.63) is 137 Å². The maximum atomic E-state index is 13.0. The van der Waals surface area contributed by atoms with Crippen molar-refractivity contribution in [2.75, 3.05) is 42.1 Å². The molecule has 2 amide bonds. The van der Waals surface area contributed by atoms with Crippen molar-refractivity contribution in [1.82, 2.24) is 14.9 Å². The topological polar surface area (TPSA) is 82.2 Å². The molecule has 3 N–H and O–H groups in total. The molecule has 1 aromatic heterocycles. The highest BCUT2D eigenvalue weighted by Crippen LogP contribution is 2.42. The molecule has 0 bridgehead atoms. The van der Waals surface area contributed by atoms with E-state index in [1.807, 2.05) is 54.7 Å². The van der Waals surface area contributed by atoms with Gasteiger partial charge in [0, 0.05) is 35.6 Å². The zero-order valence-corrected chi connectivity index (χ0v) is 26.1. The van der Waals surface area contributed by atoms with Crippen molar-refractivity contribution in [2.24, 2.45) is 0 Å². The number of amides is 2. The van der Waals surface area contributed by atoms with Gasteiger partial charge >= 0.3 is 6.03 Å². The molecule has 2 aliphatic rings. The maximum absolute atomic E-state index is 13.0. The summed E-state index contributed by atoms with van der Waals surface area (Å²) in [5.41, 5.74) is 9.62. The van der Waals surface area contributed by atoms with E-state index in [4.69, 9.17) is 4.98 Å². The molecule has 4 aromatic carbocycles. The second kappa shape index (κ2) is 14.0. The first-order valence-electron chi connectivity index (χ1n) is 16.4. The number of para-hydroxylation sites is 1. The number of carbonyl (C=O) groups excluding carboxylic acids is 1. The van der Waals surface area contributed by atoms with E-state index in [9.17, 15) is 4.79 Å². The van der Waals surface area contributed by atoms with E-state index in [2.05, 4.69) is 80.4 Å². The smallest absolute Gasteiger partial charge is 0.323 e. The second-order valence-corrected chi connectivity index (χ2v) is 12.3. The van der Waals surface area contributed by atoms with Crippen LogP contribution in [0.4, 0.5) is 22.1 Å². The summed E-state index contributed by atoms with van der Waals surface area (Å²) in [4.78, 5) is 25.2. The van der Waals surface area contributed by atoms with Crippen LogP contribution in [0.25, 0.3) is 11.3 Å². The number of anilines is 3. The SMILES string of the molecule is O=C(Nc1ccc(C2Cc3cnc(NCCCN4CCCC4)nc3-c3ccccc32)cc1)Nc1ccccc1Cc1ccccc1. The van der Waals surface area contributed by atoms with E-state index < -0.39 is 0 Å². The fourth-order valence-electron chi connectivity index (χ4n) is 6.72. The summed E-state index contributed by atoms with van der Waals surface area (Å²) >= 11 is 0. The van der Waals surface area contributed by atoms with Crippen LogP contribution in [0.5, 0.6) is 0 Å². The lowest BCUT2D eigenvalue weighted by Gasteiger charge is -2.27. The lowest BCUT2D eigenvalue weighted by Crippen LogP contribution is -2.22. The van der Waals surface area contributed by atoms with Crippen molar-refractivity contribution in [2.45, 2.75) is 38.0 Å². The van der Waals surface area contributed by atoms with Crippen LogP contribution in [0.1, 0.15) is 53.0 Å². The first-order chi connectivity index (χ1) is 22.7. The Labute approximate surface area is 271 Å². The van der Waals surface area contributed by atoms with E-state index in [0.717, 1.165) is 66.1 Å². The van der Waals surface area contributed by atoms with Crippen LogP contribution >= 0.6 is 0 Å². The minimum Gasteiger partial charge on any atom is -0.354 e. The Morgan fingerprint density at radius 1 is 0.826 bits per heavy atom. The minimum atomic E-state index is -0.261. The Hall–Kier alpha value is -5.01. The largest absolute Gasteiger partial charge is 0.354 e. The number of likely N-dealkylation sites (tertiary alicyclic amines) is 1. The number of nitrogens with zero attached hydrogens (tertiary/aromatic N) is 3. The number of nitrogens with one attached hydrogen (secondary N) is 3. The molecule has 7 rings (SSSR count). The molecular weight excluding hydrogens is 568 g/mol. The summed E-state index contributed by atoms with van der Waals surface area (Å²) in [5, 5.41) is 9.51.